The van der Waals surface area contributed by atoms with Crippen molar-refractivity contribution in [1.82, 2.24) is 14.1 Å². The Balaban J connectivity index is 1.70. The van der Waals surface area contributed by atoms with Crippen molar-refractivity contribution in [2.45, 2.75) is 18.4 Å². The van der Waals surface area contributed by atoms with Gasteiger partial charge in [-0.05, 0) is 31.2 Å². The van der Waals surface area contributed by atoms with E-state index < -0.39 is 15.9 Å². The van der Waals surface area contributed by atoms with Gasteiger partial charge in [0.15, 0.2) is 0 Å². The highest BCUT2D eigenvalue weighted by atomic mass is 35.5. The molecule has 30 heavy (non-hydrogen) atoms. The number of nitrogens with one attached hydrogen (secondary N) is 1. The second-order valence-electron chi connectivity index (χ2n) is 6.70. The second kappa shape index (κ2) is 9.18. The van der Waals surface area contributed by atoms with Crippen LogP contribution in [0.2, 0.25) is 10.0 Å². The van der Waals surface area contributed by atoms with Crippen molar-refractivity contribution >= 4 is 45.0 Å². The minimum Gasteiger partial charge on any atom is -0.310 e. The molecule has 0 unspecified atom stereocenters. The summed E-state index contributed by atoms with van der Waals surface area (Å²) < 4.78 is 27.9. The Morgan fingerprint density at radius 3 is 2.37 bits per heavy atom. The number of halogens is 2. The molecule has 0 saturated heterocycles. The minimum absolute atomic E-state index is 0.127. The van der Waals surface area contributed by atoms with Gasteiger partial charge in [0.05, 0.1) is 24.2 Å². The van der Waals surface area contributed by atoms with Crippen molar-refractivity contribution in [2.75, 3.05) is 18.9 Å². The molecule has 0 radical (unpaired) electrons. The zero-order valence-electron chi connectivity index (χ0n) is 16.3. The SMILES string of the molecule is Cc1ccc(S(=O)(=O)N(C)CC(=O)Nc2ccnn2Cc2c(Cl)cccc2Cl)cc1. The quantitative estimate of drug-likeness (QED) is 0.573. The van der Waals surface area contributed by atoms with Gasteiger partial charge >= 0.3 is 0 Å². The molecule has 3 rings (SSSR count). The molecule has 0 aliphatic rings. The highest BCUT2D eigenvalue weighted by Gasteiger charge is 2.23. The first-order chi connectivity index (χ1) is 14.2. The lowest BCUT2D eigenvalue weighted by atomic mass is 10.2. The molecule has 1 amide bonds. The molecular formula is C20H20Cl2N4O3S. The largest absolute Gasteiger partial charge is 0.310 e. The Kier molecular flexibility index (Phi) is 6.82. The monoisotopic (exact) mass is 466 g/mol. The van der Waals surface area contributed by atoms with Crippen LogP contribution in [0, 0.1) is 6.92 Å². The topological polar surface area (TPSA) is 84.3 Å². The number of carbonyl (C=O) groups excluding carboxylic acids is 1. The average Bonchev–Trinajstić information content (AvgIpc) is 3.11. The van der Waals surface area contributed by atoms with E-state index in [2.05, 4.69) is 10.4 Å². The number of amides is 1. The van der Waals surface area contributed by atoms with Crippen LogP contribution in [-0.2, 0) is 21.4 Å². The molecule has 2 aromatic carbocycles. The van der Waals surface area contributed by atoms with Crippen LogP contribution < -0.4 is 5.32 Å². The standard InChI is InChI=1S/C20H20Cl2N4O3S/c1-14-6-8-15(9-7-14)30(28,29)25(2)13-20(27)24-19-10-11-23-26(19)12-16-17(21)4-3-5-18(16)22/h3-11H,12-13H2,1-2H3,(H,24,27). The number of nitrogens with zero attached hydrogens (tertiary/aromatic N) is 3. The number of hydrogen-bond acceptors (Lipinski definition) is 4. The van der Waals surface area contributed by atoms with Crippen LogP contribution in [0.1, 0.15) is 11.1 Å². The van der Waals surface area contributed by atoms with Crippen LogP contribution >= 0.6 is 23.2 Å². The summed E-state index contributed by atoms with van der Waals surface area (Å²) in [5.74, 6) is -0.0997. The maximum absolute atomic E-state index is 12.7. The number of aryl methyl sites for hydroxylation is 1. The number of sulfonamides is 1. The molecule has 1 N–H and O–H groups in total. The number of likely N-dealkylation sites (N-methyl/N-ethyl adjacent to an activating group) is 1. The molecule has 0 atom stereocenters. The molecule has 0 aliphatic heterocycles. The fourth-order valence-electron chi connectivity index (χ4n) is 2.76. The zero-order valence-corrected chi connectivity index (χ0v) is 18.7. The number of aromatic nitrogens is 2. The lowest BCUT2D eigenvalue weighted by Gasteiger charge is -2.17. The van der Waals surface area contributed by atoms with Crippen molar-refractivity contribution in [3.63, 3.8) is 0 Å². The van der Waals surface area contributed by atoms with Gasteiger partial charge in [-0.2, -0.15) is 9.40 Å². The molecule has 3 aromatic rings. The molecule has 0 fully saturated rings. The highest BCUT2D eigenvalue weighted by molar-refractivity contribution is 7.89. The van der Waals surface area contributed by atoms with Crippen LogP contribution in [0.5, 0.6) is 0 Å². The summed E-state index contributed by atoms with van der Waals surface area (Å²) in [6, 6.07) is 13.2. The predicted octanol–water partition coefficient (Wildman–Crippen LogP) is 3.81. The van der Waals surface area contributed by atoms with Gasteiger partial charge in [-0.3, -0.25) is 4.79 Å². The van der Waals surface area contributed by atoms with E-state index in [0.717, 1.165) is 9.87 Å². The van der Waals surface area contributed by atoms with Gasteiger partial charge < -0.3 is 5.32 Å². The highest BCUT2D eigenvalue weighted by Crippen LogP contribution is 2.26. The van der Waals surface area contributed by atoms with Crippen molar-refractivity contribution in [3.8, 4) is 0 Å². The predicted molar refractivity (Wildman–Crippen MR) is 117 cm³/mol. The van der Waals surface area contributed by atoms with Crippen molar-refractivity contribution in [3.05, 3.63) is 75.9 Å². The van der Waals surface area contributed by atoms with Crippen LogP contribution in [0.4, 0.5) is 5.82 Å². The van der Waals surface area contributed by atoms with Gasteiger partial charge in [0.2, 0.25) is 15.9 Å². The van der Waals surface area contributed by atoms with Gasteiger partial charge in [0, 0.05) is 28.7 Å². The first-order valence-electron chi connectivity index (χ1n) is 8.96. The Morgan fingerprint density at radius 1 is 1.10 bits per heavy atom. The number of benzene rings is 2. The summed E-state index contributed by atoms with van der Waals surface area (Å²) in [5, 5.41) is 7.84. The molecule has 7 nitrogen and oxygen atoms in total. The van der Waals surface area contributed by atoms with Gasteiger partial charge in [0.25, 0.3) is 0 Å². The van der Waals surface area contributed by atoms with E-state index in [1.165, 1.54) is 30.1 Å². The third-order valence-electron chi connectivity index (χ3n) is 4.45. The molecule has 1 aromatic heterocycles. The lowest BCUT2D eigenvalue weighted by Crippen LogP contribution is -2.35. The van der Waals surface area contributed by atoms with Gasteiger partial charge in [-0.25, -0.2) is 13.1 Å². The van der Waals surface area contributed by atoms with E-state index >= 15 is 0 Å². The van der Waals surface area contributed by atoms with Crippen molar-refractivity contribution in [2.24, 2.45) is 0 Å². The fourth-order valence-corrected chi connectivity index (χ4v) is 4.40. The fraction of sp³-hybridized carbons (Fsp3) is 0.200. The van der Waals surface area contributed by atoms with Crippen LogP contribution in [0.15, 0.2) is 59.6 Å². The summed E-state index contributed by atoms with van der Waals surface area (Å²) in [6.45, 7) is 1.76. The van der Waals surface area contributed by atoms with E-state index in [1.807, 2.05) is 6.92 Å². The molecule has 0 saturated carbocycles. The molecular weight excluding hydrogens is 447 g/mol. The molecule has 0 bridgehead atoms. The smallest absolute Gasteiger partial charge is 0.243 e. The van der Waals surface area contributed by atoms with Gasteiger partial charge in [0.1, 0.15) is 5.82 Å². The van der Waals surface area contributed by atoms with Crippen LogP contribution in [-0.4, -0.2) is 42.0 Å². The van der Waals surface area contributed by atoms with Crippen LogP contribution in [0.25, 0.3) is 0 Å². The molecule has 158 valence electrons. The molecule has 0 aliphatic carbocycles. The summed E-state index contributed by atoms with van der Waals surface area (Å²) in [5.41, 5.74) is 1.61. The molecule has 0 spiro atoms. The Hall–Kier alpha value is -2.39. The van der Waals surface area contributed by atoms with E-state index in [9.17, 15) is 13.2 Å². The van der Waals surface area contributed by atoms with E-state index in [0.29, 0.717) is 21.4 Å². The number of anilines is 1. The van der Waals surface area contributed by atoms with Gasteiger partial charge in [-0.15, -0.1) is 0 Å². The zero-order chi connectivity index (χ0) is 21.9. The second-order valence-corrected chi connectivity index (χ2v) is 9.56. The Labute approximate surface area is 185 Å². The maximum Gasteiger partial charge on any atom is 0.243 e. The normalized spacial score (nSPS) is 11.6. The van der Waals surface area contributed by atoms with E-state index in [1.54, 1.807) is 36.4 Å². The summed E-state index contributed by atoms with van der Waals surface area (Å²) in [6.07, 6.45) is 1.52. The summed E-state index contributed by atoms with van der Waals surface area (Å²) >= 11 is 12.4. The first-order valence-corrected chi connectivity index (χ1v) is 11.2. The van der Waals surface area contributed by atoms with Crippen LogP contribution in [0.3, 0.4) is 0 Å². The third kappa shape index (κ3) is 5.02. The Bertz CT molecular complexity index is 1140. The number of hydrogen-bond donors (Lipinski definition) is 1. The lowest BCUT2D eigenvalue weighted by molar-refractivity contribution is -0.116. The van der Waals surface area contributed by atoms with E-state index in [4.69, 9.17) is 23.2 Å². The molecule has 1 heterocycles. The first kappa shape index (κ1) is 22.3. The number of rotatable bonds is 7. The summed E-state index contributed by atoms with van der Waals surface area (Å²) in [4.78, 5) is 12.6. The van der Waals surface area contributed by atoms with Gasteiger partial charge in [-0.1, -0.05) is 47.0 Å². The van der Waals surface area contributed by atoms with Crippen molar-refractivity contribution < 1.29 is 13.2 Å². The third-order valence-corrected chi connectivity index (χ3v) is 6.97. The maximum atomic E-state index is 12.7. The minimum atomic E-state index is -3.78. The summed E-state index contributed by atoms with van der Waals surface area (Å²) in [7, 11) is -2.43. The Morgan fingerprint density at radius 2 is 1.73 bits per heavy atom. The molecule has 10 heteroatoms. The average molecular weight is 467 g/mol. The number of carbonyl (C=O) groups is 1. The van der Waals surface area contributed by atoms with Crippen molar-refractivity contribution in [1.29, 1.82) is 0 Å². The van der Waals surface area contributed by atoms with E-state index in [-0.39, 0.29) is 18.0 Å².